The van der Waals surface area contributed by atoms with E-state index in [4.69, 9.17) is 10.5 Å². The molecule has 0 amide bonds. The zero-order valence-electron chi connectivity index (χ0n) is 9.78. The topological polar surface area (TPSA) is 35.2 Å². The molecule has 0 saturated carbocycles. The van der Waals surface area contributed by atoms with Crippen molar-refractivity contribution in [1.29, 1.82) is 0 Å². The molecule has 2 rings (SSSR count). The van der Waals surface area contributed by atoms with Crippen molar-refractivity contribution in [2.24, 2.45) is 5.73 Å². The van der Waals surface area contributed by atoms with Crippen molar-refractivity contribution in [2.45, 2.75) is 32.2 Å². The third kappa shape index (κ3) is 2.45. The fraction of sp³-hybridized carbons (Fsp3) is 0.429. The van der Waals surface area contributed by atoms with Gasteiger partial charge in [-0.15, -0.1) is 0 Å². The van der Waals surface area contributed by atoms with Crippen molar-refractivity contribution >= 4 is 0 Å². The lowest BCUT2D eigenvalue weighted by Gasteiger charge is -2.20. The maximum Gasteiger partial charge on any atom is 0.0876 e. The SMILES string of the molecule is CCc1ccc(C(N)C2=COCCC2)cc1. The summed E-state index contributed by atoms with van der Waals surface area (Å²) < 4.78 is 5.33. The highest BCUT2D eigenvalue weighted by atomic mass is 16.5. The number of benzene rings is 1. The molecule has 1 aromatic rings. The van der Waals surface area contributed by atoms with E-state index in [0.717, 1.165) is 25.9 Å². The van der Waals surface area contributed by atoms with Crippen molar-refractivity contribution in [3.8, 4) is 0 Å². The molecular weight excluding hydrogens is 198 g/mol. The highest BCUT2D eigenvalue weighted by Gasteiger charge is 2.14. The van der Waals surface area contributed by atoms with E-state index < -0.39 is 0 Å². The fourth-order valence-corrected chi connectivity index (χ4v) is 1.99. The Kier molecular flexibility index (Phi) is 3.62. The van der Waals surface area contributed by atoms with E-state index >= 15 is 0 Å². The monoisotopic (exact) mass is 217 g/mol. The average Bonchev–Trinajstić information content (AvgIpc) is 2.39. The van der Waals surface area contributed by atoms with Crippen LogP contribution in [-0.2, 0) is 11.2 Å². The lowest BCUT2D eigenvalue weighted by atomic mass is 9.95. The summed E-state index contributed by atoms with van der Waals surface area (Å²) in [7, 11) is 0. The highest BCUT2D eigenvalue weighted by molar-refractivity contribution is 5.30. The van der Waals surface area contributed by atoms with E-state index in [1.165, 1.54) is 16.7 Å². The molecule has 0 radical (unpaired) electrons. The first kappa shape index (κ1) is 11.2. The van der Waals surface area contributed by atoms with Gasteiger partial charge in [-0.1, -0.05) is 31.2 Å². The zero-order valence-corrected chi connectivity index (χ0v) is 9.78. The molecule has 0 aromatic heterocycles. The third-order valence-corrected chi connectivity index (χ3v) is 3.11. The van der Waals surface area contributed by atoms with Crippen LogP contribution in [0.2, 0.25) is 0 Å². The molecule has 0 saturated heterocycles. The van der Waals surface area contributed by atoms with E-state index in [9.17, 15) is 0 Å². The second kappa shape index (κ2) is 5.17. The van der Waals surface area contributed by atoms with Crippen LogP contribution in [0.25, 0.3) is 0 Å². The Morgan fingerprint density at radius 1 is 1.31 bits per heavy atom. The van der Waals surface area contributed by atoms with Gasteiger partial charge in [0.1, 0.15) is 0 Å². The first-order chi connectivity index (χ1) is 7.81. The zero-order chi connectivity index (χ0) is 11.4. The van der Waals surface area contributed by atoms with Gasteiger partial charge in [-0.25, -0.2) is 0 Å². The van der Waals surface area contributed by atoms with E-state index in [-0.39, 0.29) is 6.04 Å². The number of nitrogens with two attached hydrogens (primary N) is 1. The van der Waals surface area contributed by atoms with Gasteiger partial charge in [-0.05, 0) is 36.0 Å². The molecule has 1 aliphatic heterocycles. The van der Waals surface area contributed by atoms with Gasteiger partial charge < -0.3 is 10.5 Å². The van der Waals surface area contributed by atoms with Gasteiger partial charge in [0, 0.05) is 0 Å². The van der Waals surface area contributed by atoms with E-state index in [1.54, 1.807) is 0 Å². The van der Waals surface area contributed by atoms with E-state index in [2.05, 4.69) is 31.2 Å². The second-order valence-corrected chi connectivity index (χ2v) is 4.24. The molecule has 1 unspecified atom stereocenters. The maximum absolute atomic E-state index is 6.21. The standard InChI is InChI=1S/C14H19NO/c1-2-11-5-7-12(8-6-11)14(15)13-4-3-9-16-10-13/h5-8,10,14H,2-4,9,15H2,1H3. The summed E-state index contributed by atoms with van der Waals surface area (Å²) in [6.07, 6.45) is 5.03. The van der Waals surface area contributed by atoms with Gasteiger partial charge in [-0.3, -0.25) is 0 Å². The molecule has 1 heterocycles. The van der Waals surface area contributed by atoms with Crippen LogP contribution in [0.1, 0.15) is 36.9 Å². The summed E-state index contributed by atoms with van der Waals surface area (Å²) in [6.45, 7) is 2.98. The van der Waals surface area contributed by atoms with Crippen LogP contribution in [0.3, 0.4) is 0 Å². The smallest absolute Gasteiger partial charge is 0.0876 e. The lowest BCUT2D eigenvalue weighted by molar-refractivity contribution is 0.221. The van der Waals surface area contributed by atoms with Gasteiger partial charge in [-0.2, -0.15) is 0 Å². The predicted octanol–water partition coefficient (Wildman–Crippen LogP) is 2.94. The van der Waals surface area contributed by atoms with Crippen molar-refractivity contribution < 1.29 is 4.74 Å². The predicted molar refractivity (Wildman–Crippen MR) is 66.0 cm³/mol. The minimum absolute atomic E-state index is 0.00814. The van der Waals surface area contributed by atoms with E-state index in [0.29, 0.717) is 0 Å². The molecule has 1 aliphatic rings. The normalized spacial score (nSPS) is 17.5. The summed E-state index contributed by atoms with van der Waals surface area (Å²) in [6, 6.07) is 8.54. The summed E-state index contributed by atoms with van der Waals surface area (Å²) in [4.78, 5) is 0. The number of ether oxygens (including phenoxy) is 1. The molecule has 2 nitrogen and oxygen atoms in total. The number of aryl methyl sites for hydroxylation is 1. The van der Waals surface area contributed by atoms with Crippen LogP contribution in [0, 0.1) is 0 Å². The van der Waals surface area contributed by atoms with Crippen LogP contribution in [0.4, 0.5) is 0 Å². The van der Waals surface area contributed by atoms with Crippen LogP contribution in [0.15, 0.2) is 36.1 Å². The minimum atomic E-state index is -0.00814. The molecule has 0 bridgehead atoms. The first-order valence-electron chi connectivity index (χ1n) is 5.96. The first-order valence-corrected chi connectivity index (χ1v) is 5.96. The summed E-state index contributed by atoms with van der Waals surface area (Å²) in [5, 5.41) is 0. The number of hydrogen-bond donors (Lipinski definition) is 1. The van der Waals surface area contributed by atoms with Crippen molar-refractivity contribution in [2.75, 3.05) is 6.61 Å². The Labute approximate surface area is 97.1 Å². The van der Waals surface area contributed by atoms with Crippen molar-refractivity contribution in [3.05, 3.63) is 47.2 Å². The molecule has 0 spiro atoms. The summed E-state index contributed by atoms with van der Waals surface area (Å²) in [5.74, 6) is 0. The van der Waals surface area contributed by atoms with Gasteiger partial charge >= 0.3 is 0 Å². The largest absolute Gasteiger partial charge is 0.501 e. The Bertz CT molecular complexity index is 367. The van der Waals surface area contributed by atoms with Gasteiger partial charge in [0.05, 0.1) is 18.9 Å². The van der Waals surface area contributed by atoms with Gasteiger partial charge in [0.25, 0.3) is 0 Å². The molecule has 1 aromatic carbocycles. The van der Waals surface area contributed by atoms with Crippen LogP contribution in [0.5, 0.6) is 0 Å². The van der Waals surface area contributed by atoms with Crippen LogP contribution in [-0.4, -0.2) is 6.61 Å². The minimum Gasteiger partial charge on any atom is -0.501 e. The third-order valence-electron chi connectivity index (χ3n) is 3.11. The van der Waals surface area contributed by atoms with Gasteiger partial charge in [0.2, 0.25) is 0 Å². The Hall–Kier alpha value is -1.28. The van der Waals surface area contributed by atoms with E-state index in [1.807, 2.05) is 6.26 Å². The Balaban J connectivity index is 2.13. The molecule has 86 valence electrons. The molecular formula is C14H19NO. The number of rotatable bonds is 3. The lowest BCUT2D eigenvalue weighted by Crippen LogP contribution is -2.16. The second-order valence-electron chi connectivity index (χ2n) is 4.24. The summed E-state index contributed by atoms with van der Waals surface area (Å²) in [5.41, 5.74) is 9.94. The average molecular weight is 217 g/mol. The maximum atomic E-state index is 6.21. The number of hydrogen-bond acceptors (Lipinski definition) is 2. The molecule has 2 heteroatoms. The molecule has 2 N–H and O–H groups in total. The Morgan fingerprint density at radius 2 is 2.06 bits per heavy atom. The quantitative estimate of drug-likeness (QED) is 0.844. The molecule has 0 aliphatic carbocycles. The van der Waals surface area contributed by atoms with Crippen molar-refractivity contribution in [3.63, 3.8) is 0 Å². The highest BCUT2D eigenvalue weighted by Crippen LogP contribution is 2.25. The molecule has 16 heavy (non-hydrogen) atoms. The Morgan fingerprint density at radius 3 is 2.62 bits per heavy atom. The molecule has 0 fully saturated rings. The summed E-state index contributed by atoms with van der Waals surface area (Å²) >= 11 is 0. The van der Waals surface area contributed by atoms with Crippen LogP contribution >= 0.6 is 0 Å². The molecule has 1 atom stereocenters. The van der Waals surface area contributed by atoms with Gasteiger partial charge in [0.15, 0.2) is 0 Å². The van der Waals surface area contributed by atoms with Crippen molar-refractivity contribution in [1.82, 2.24) is 0 Å². The fourth-order valence-electron chi connectivity index (χ4n) is 1.99. The van der Waals surface area contributed by atoms with Crippen LogP contribution < -0.4 is 5.73 Å².